The first-order valence-electron chi connectivity index (χ1n) is 5.71. The van der Waals surface area contributed by atoms with Crippen molar-refractivity contribution in [3.63, 3.8) is 0 Å². The van der Waals surface area contributed by atoms with E-state index in [9.17, 15) is 0 Å². The van der Waals surface area contributed by atoms with Crippen molar-refractivity contribution >= 4 is 0 Å². The lowest BCUT2D eigenvalue weighted by molar-refractivity contribution is 0.429. The fourth-order valence-electron chi connectivity index (χ4n) is 2.23. The average Bonchev–Trinajstić information content (AvgIpc) is 2.27. The minimum atomic E-state index is 0.484. The summed E-state index contributed by atoms with van der Waals surface area (Å²) in [7, 11) is 0. The average molecular weight is 204 g/mol. The maximum atomic E-state index is 3.56. The number of rotatable bonds is 1. The maximum absolute atomic E-state index is 3.56. The van der Waals surface area contributed by atoms with Gasteiger partial charge >= 0.3 is 0 Å². The smallest absolute Gasteiger partial charge is 0.0449 e. The van der Waals surface area contributed by atoms with E-state index in [0.717, 1.165) is 19.6 Å². The predicted molar refractivity (Wildman–Crippen MR) is 64.3 cm³/mol. The van der Waals surface area contributed by atoms with Gasteiger partial charge in [-0.15, -0.1) is 0 Å². The van der Waals surface area contributed by atoms with E-state index in [1.54, 1.807) is 0 Å². The van der Waals surface area contributed by atoms with Crippen molar-refractivity contribution in [2.75, 3.05) is 19.6 Å². The molecule has 1 unspecified atom stereocenters. The Bertz CT molecular complexity index is 352. The van der Waals surface area contributed by atoms with Crippen LogP contribution in [-0.2, 0) is 0 Å². The van der Waals surface area contributed by atoms with E-state index < -0.39 is 0 Å². The van der Waals surface area contributed by atoms with Gasteiger partial charge in [-0.2, -0.15) is 0 Å². The van der Waals surface area contributed by atoms with Crippen molar-refractivity contribution < 1.29 is 0 Å². The number of nitrogens with one attached hydrogen (secondary N) is 2. The molecular formula is C13H20N2. The zero-order valence-corrected chi connectivity index (χ0v) is 9.85. The summed E-state index contributed by atoms with van der Waals surface area (Å²) in [6.07, 6.45) is 0. The molecule has 1 aliphatic heterocycles. The van der Waals surface area contributed by atoms with Gasteiger partial charge in [0.1, 0.15) is 0 Å². The van der Waals surface area contributed by atoms with Crippen LogP contribution in [0.2, 0.25) is 0 Å². The van der Waals surface area contributed by atoms with E-state index >= 15 is 0 Å². The molecule has 1 aliphatic rings. The second kappa shape index (κ2) is 4.33. The van der Waals surface area contributed by atoms with Gasteiger partial charge in [-0.3, -0.25) is 0 Å². The summed E-state index contributed by atoms with van der Waals surface area (Å²) in [5.41, 5.74) is 5.71. The van der Waals surface area contributed by atoms with Gasteiger partial charge in [0.25, 0.3) is 0 Å². The lowest BCUT2D eigenvalue weighted by atomic mass is 9.94. The molecule has 0 aromatic heterocycles. The molecule has 1 atom stereocenters. The minimum Gasteiger partial charge on any atom is -0.314 e. The van der Waals surface area contributed by atoms with Crippen LogP contribution in [0.1, 0.15) is 28.3 Å². The van der Waals surface area contributed by atoms with Gasteiger partial charge in [-0.25, -0.2) is 0 Å². The van der Waals surface area contributed by atoms with Crippen molar-refractivity contribution in [1.29, 1.82) is 0 Å². The van der Waals surface area contributed by atoms with E-state index in [1.165, 1.54) is 22.3 Å². The normalized spacial score (nSPS) is 21.7. The van der Waals surface area contributed by atoms with E-state index in [0.29, 0.717) is 6.04 Å². The fourth-order valence-corrected chi connectivity index (χ4v) is 2.23. The highest BCUT2D eigenvalue weighted by Crippen LogP contribution is 2.23. The summed E-state index contributed by atoms with van der Waals surface area (Å²) < 4.78 is 0. The number of hydrogen-bond donors (Lipinski definition) is 2. The second-order valence-electron chi connectivity index (χ2n) is 4.43. The first-order chi connectivity index (χ1) is 7.20. The highest BCUT2D eigenvalue weighted by atomic mass is 15.1. The van der Waals surface area contributed by atoms with E-state index in [-0.39, 0.29) is 0 Å². The van der Waals surface area contributed by atoms with Crippen molar-refractivity contribution in [3.8, 4) is 0 Å². The largest absolute Gasteiger partial charge is 0.314 e. The zero-order valence-electron chi connectivity index (χ0n) is 9.85. The third kappa shape index (κ3) is 2.06. The molecule has 15 heavy (non-hydrogen) atoms. The molecular weight excluding hydrogens is 184 g/mol. The Kier molecular flexibility index (Phi) is 3.08. The van der Waals surface area contributed by atoms with Gasteiger partial charge in [0.05, 0.1) is 0 Å². The van der Waals surface area contributed by atoms with Crippen LogP contribution in [0.3, 0.4) is 0 Å². The molecule has 0 aliphatic carbocycles. The second-order valence-corrected chi connectivity index (χ2v) is 4.43. The monoisotopic (exact) mass is 204 g/mol. The van der Waals surface area contributed by atoms with Crippen molar-refractivity contribution in [3.05, 3.63) is 34.4 Å². The van der Waals surface area contributed by atoms with E-state index in [2.05, 4.69) is 43.5 Å². The van der Waals surface area contributed by atoms with Crippen molar-refractivity contribution in [2.45, 2.75) is 26.8 Å². The Labute approximate surface area is 92.1 Å². The SMILES string of the molecule is Cc1ccc(C2CNCCN2)c(C)c1C. The first kappa shape index (κ1) is 10.7. The fraction of sp³-hybridized carbons (Fsp3) is 0.538. The molecule has 2 heteroatoms. The molecule has 2 N–H and O–H groups in total. The minimum absolute atomic E-state index is 0.484. The van der Waals surface area contributed by atoms with E-state index in [1.807, 2.05) is 0 Å². The van der Waals surface area contributed by atoms with Crippen LogP contribution in [-0.4, -0.2) is 19.6 Å². The zero-order chi connectivity index (χ0) is 10.8. The topological polar surface area (TPSA) is 24.1 Å². The molecule has 0 bridgehead atoms. The van der Waals surface area contributed by atoms with Gasteiger partial charge in [-0.1, -0.05) is 12.1 Å². The molecule has 1 aromatic rings. The first-order valence-corrected chi connectivity index (χ1v) is 5.71. The van der Waals surface area contributed by atoms with Crippen LogP contribution in [0.5, 0.6) is 0 Å². The summed E-state index contributed by atoms with van der Waals surface area (Å²) in [5.74, 6) is 0. The van der Waals surface area contributed by atoms with Crippen LogP contribution in [0, 0.1) is 20.8 Å². The molecule has 1 aromatic carbocycles. The van der Waals surface area contributed by atoms with Crippen LogP contribution >= 0.6 is 0 Å². The summed E-state index contributed by atoms with van der Waals surface area (Å²) >= 11 is 0. The van der Waals surface area contributed by atoms with Crippen molar-refractivity contribution in [2.24, 2.45) is 0 Å². The molecule has 0 radical (unpaired) electrons. The lowest BCUT2D eigenvalue weighted by Gasteiger charge is -2.27. The molecule has 2 rings (SSSR count). The molecule has 0 amide bonds. The van der Waals surface area contributed by atoms with Gasteiger partial charge in [0.2, 0.25) is 0 Å². The molecule has 1 heterocycles. The number of aryl methyl sites for hydroxylation is 1. The molecule has 0 saturated carbocycles. The third-order valence-electron chi connectivity index (χ3n) is 3.52. The Balaban J connectivity index is 2.31. The van der Waals surface area contributed by atoms with Gasteiger partial charge in [0.15, 0.2) is 0 Å². The molecule has 1 fully saturated rings. The maximum Gasteiger partial charge on any atom is 0.0449 e. The Morgan fingerprint density at radius 3 is 2.53 bits per heavy atom. The van der Waals surface area contributed by atoms with Crippen LogP contribution in [0.15, 0.2) is 12.1 Å². The number of piperazine rings is 1. The van der Waals surface area contributed by atoms with E-state index in [4.69, 9.17) is 0 Å². The van der Waals surface area contributed by atoms with Crippen LogP contribution in [0.4, 0.5) is 0 Å². The quantitative estimate of drug-likeness (QED) is 0.729. The molecule has 1 saturated heterocycles. The Morgan fingerprint density at radius 2 is 1.87 bits per heavy atom. The molecule has 2 nitrogen and oxygen atoms in total. The Hall–Kier alpha value is -0.860. The summed E-state index contributed by atoms with van der Waals surface area (Å²) in [6, 6.07) is 4.98. The van der Waals surface area contributed by atoms with Crippen molar-refractivity contribution in [1.82, 2.24) is 10.6 Å². The van der Waals surface area contributed by atoms with Gasteiger partial charge in [-0.05, 0) is 43.0 Å². The molecule has 82 valence electrons. The highest BCUT2D eigenvalue weighted by Gasteiger charge is 2.16. The predicted octanol–water partition coefficient (Wildman–Crippen LogP) is 1.85. The summed E-state index contributed by atoms with van der Waals surface area (Å²) in [4.78, 5) is 0. The van der Waals surface area contributed by atoms with Gasteiger partial charge < -0.3 is 10.6 Å². The summed E-state index contributed by atoms with van der Waals surface area (Å²) in [6.45, 7) is 9.82. The lowest BCUT2D eigenvalue weighted by Crippen LogP contribution is -2.42. The standard InChI is InChI=1S/C13H20N2/c1-9-4-5-12(11(3)10(9)2)13-8-14-6-7-15-13/h4-5,13-15H,6-8H2,1-3H3. The highest BCUT2D eigenvalue weighted by molar-refractivity contribution is 5.40. The summed E-state index contributed by atoms with van der Waals surface area (Å²) in [5, 5.41) is 6.99. The number of benzene rings is 1. The van der Waals surface area contributed by atoms with Crippen LogP contribution < -0.4 is 10.6 Å². The molecule has 0 spiro atoms. The third-order valence-corrected chi connectivity index (χ3v) is 3.52. The number of hydrogen-bond acceptors (Lipinski definition) is 2. The van der Waals surface area contributed by atoms with Gasteiger partial charge in [0, 0.05) is 25.7 Å². The van der Waals surface area contributed by atoms with Crippen LogP contribution in [0.25, 0.3) is 0 Å². The Morgan fingerprint density at radius 1 is 1.07 bits per heavy atom.